The van der Waals surface area contributed by atoms with E-state index in [2.05, 4.69) is 4.98 Å². The van der Waals surface area contributed by atoms with Crippen LogP contribution in [0.3, 0.4) is 0 Å². The molecule has 0 saturated carbocycles. The molecule has 1 amide bonds. The molecule has 3 aromatic rings. The smallest absolute Gasteiger partial charge is 0.332 e. The van der Waals surface area contributed by atoms with Gasteiger partial charge in [-0.25, -0.2) is 14.2 Å². The average Bonchev–Trinajstić information content (AvgIpc) is 3.25. The Morgan fingerprint density at radius 1 is 1.13 bits per heavy atom. The molecular weight excluding hydrogens is 391 g/mol. The third kappa shape index (κ3) is 3.58. The van der Waals surface area contributed by atoms with Crippen molar-refractivity contribution in [3.05, 3.63) is 68.7 Å². The fraction of sp³-hybridized carbons (Fsp3) is 0.333. The summed E-state index contributed by atoms with van der Waals surface area (Å²) in [7, 11) is 3.02. The lowest BCUT2D eigenvalue weighted by molar-refractivity contribution is -0.132. The van der Waals surface area contributed by atoms with E-state index in [0.717, 1.165) is 16.7 Å². The van der Waals surface area contributed by atoms with Crippen molar-refractivity contribution in [1.82, 2.24) is 19.0 Å². The van der Waals surface area contributed by atoms with E-state index in [9.17, 15) is 18.8 Å². The van der Waals surface area contributed by atoms with Crippen molar-refractivity contribution >= 4 is 16.9 Å². The summed E-state index contributed by atoms with van der Waals surface area (Å²) in [6.45, 7) is 0.905. The molecule has 0 aliphatic carbocycles. The molecule has 1 saturated heterocycles. The Bertz CT molecular complexity index is 1230. The van der Waals surface area contributed by atoms with Crippen LogP contribution in [0.1, 0.15) is 18.0 Å². The molecule has 0 radical (unpaired) electrons. The van der Waals surface area contributed by atoms with Gasteiger partial charge in [-0.05, 0) is 42.8 Å². The Labute approximate surface area is 171 Å². The molecule has 1 atom stereocenters. The molecule has 4 rings (SSSR count). The lowest BCUT2D eigenvalue weighted by atomic mass is 10.0. The minimum atomic E-state index is -0.432. The minimum absolute atomic E-state index is 0.00308. The van der Waals surface area contributed by atoms with Gasteiger partial charge in [-0.3, -0.25) is 18.7 Å². The van der Waals surface area contributed by atoms with Crippen molar-refractivity contribution in [3.63, 3.8) is 0 Å². The van der Waals surface area contributed by atoms with Gasteiger partial charge in [-0.1, -0.05) is 0 Å². The normalized spacial score (nSPS) is 16.2. The zero-order chi connectivity index (χ0) is 21.4. The predicted octanol–water partition coefficient (Wildman–Crippen LogP) is 1.17. The van der Waals surface area contributed by atoms with Crippen molar-refractivity contribution in [2.75, 3.05) is 19.7 Å². The summed E-state index contributed by atoms with van der Waals surface area (Å²) in [5.41, 5.74) is 0.261. The van der Waals surface area contributed by atoms with E-state index in [1.807, 2.05) is 0 Å². The van der Waals surface area contributed by atoms with E-state index < -0.39 is 5.69 Å². The van der Waals surface area contributed by atoms with Crippen LogP contribution in [-0.2, 0) is 18.9 Å². The minimum Gasteiger partial charge on any atom is -0.484 e. The van der Waals surface area contributed by atoms with Crippen LogP contribution in [0.15, 0.2) is 46.0 Å². The molecule has 1 aromatic carbocycles. The predicted molar refractivity (Wildman–Crippen MR) is 108 cm³/mol. The quantitative estimate of drug-likeness (QED) is 0.642. The van der Waals surface area contributed by atoms with Crippen LogP contribution in [0.2, 0.25) is 0 Å². The van der Waals surface area contributed by atoms with E-state index in [1.54, 1.807) is 24.1 Å². The van der Waals surface area contributed by atoms with Gasteiger partial charge in [0.25, 0.3) is 11.5 Å². The second-order valence-electron chi connectivity index (χ2n) is 7.38. The molecule has 9 heteroatoms. The molecule has 1 aliphatic heterocycles. The van der Waals surface area contributed by atoms with Gasteiger partial charge in [-0.2, -0.15) is 0 Å². The van der Waals surface area contributed by atoms with E-state index in [-0.39, 0.29) is 29.8 Å². The average molecular weight is 412 g/mol. The van der Waals surface area contributed by atoms with Crippen molar-refractivity contribution < 1.29 is 13.9 Å². The van der Waals surface area contributed by atoms with Crippen LogP contribution in [0.25, 0.3) is 11.0 Å². The zero-order valence-corrected chi connectivity index (χ0v) is 16.7. The number of rotatable bonds is 4. The summed E-state index contributed by atoms with van der Waals surface area (Å²) in [5, 5.41) is 0.377. The maximum Gasteiger partial charge on any atom is 0.332 e. The molecule has 1 aliphatic rings. The van der Waals surface area contributed by atoms with Crippen LogP contribution in [0.5, 0.6) is 5.75 Å². The highest BCUT2D eigenvalue weighted by Crippen LogP contribution is 2.27. The molecule has 0 spiro atoms. The first-order chi connectivity index (χ1) is 14.3. The number of pyridine rings is 1. The molecule has 2 aromatic heterocycles. The van der Waals surface area contributed by atoms with Crippen LogP contribution >= 0.6 is 0 Å². The lowest BCUT2D eigenvalue weighted by Gasteiger charge is -2.17. The van der Waals surface area contributed by atoms with E-state index in [4.69, 9.17) is 4.74 Å². The third-order valence-electron chi connectivity index (χ3n) is 5.46. The highest BCUT2D eigenvalue weighted by Gasteiger charge is 2.29. The summed E-state index contributed by atoms with van der Waals surface area (Å²) >= 11 is 0. The van der Waals surface area contributed by atoms with Crippen molar-refractivity contribution in [2.45, 2.75) is 12.3 Å². The third-order valence-corrected chi connectivity index (χ3v) is 5.46. The molecule has 30 heavy (non-hydrogen) atoms. The van der Waals surface area contributed by atoms with Crippen LogP contribution in [0, 0.1) is 5.82 Å². The molecule has 8 nitrogen and oxygen atoms in total. The van der Waals surface area contributed by atoms with E-state index in [0.29, 0.717) is 29.9 Å². The summed E-state index contributed by atoms with van der Waals surface area (Å²) < 4.78 is 20.8. The molecule has 3 heterocycles. The molecule has 0 bridgehead atoms. The maximum atomic E-state index is 12.9. The number of carbonyl (C=O) groups is 1. The number of nitrogens with zero attached hydrogens (tertiary/aromatic N) is 4. The van der Waals surface area contributed by atoms with Gasteiger partial charge in [0.05, 0.1) is 5.39 Å². The van der Waals surface area contributed by atoms with Crippen molar-refractivity contribution in [3.8, 4) is 5.75 Å². The summed E-state index contributed by atoms with van der Waals surface area (Å²) in [6, 6.07) is 8.96. The number of amides is 1. The lowest BCUT2D eigenvalue weighted by Crippen LogP contribution is -2.37. The summed E-state index contributed by atoms with van der Waals surface area (Å²) in [5.74, 6) is -0.0966. The Hall–Kier alpha value is -3.49. The molecule has 0 unspecified atom stereocenters. The van der Waals surface area contributed by atoms with Crippen LogP contribution in [0.4, 0.5) is 4.39 Å². The number of likely N-dealkylation sites (tertiary alicyclic amines) is 1. The topological polar surface area (TPSA) is 86.4 Å². The first kappa shape index (κ1) is 19.8. The second kappa shape index (κ2) is 7.74. The Morgan fingerprint density at radius 2 is 1.87 bits per heavy atom. The number of halogens is 1. The van der Waals surface area contributed by atoms with E-state index in [1.165, 1.54) is 35.9 Å². The van der Waals surface area contributed by atoms with Crippen molar-refractivity contribution in [1.29, 1.82) is 0 Å². The van der Waals surface area contributed by atoms with Crippen LogP contribution in [-0.4, -0.2) is 44.6 Å². The fourth-order valence-electron chi connectivity index (χ4n) is 3.69. The van der Waals surface area contributed by atoms with Gasteiger partial charge >= 0.3 is 5.69 Å². The van der Waals surface area contributed by atoms with E-state index >= 15 is 0 Å². The maximum absolute atomic E-state index is 12.9. The molecular formula is C21H21FN4O4. The number of carbonyl (C=O) groups excluding carboxylic acids is 1. The Kier molecular flexibility index (Phi) is 5.11. The van der Waals surface area contributed by atoms with Gasteiger partial charge in [0, 0.05) is 38.8 Å². The van der Waals surface area contributed by atoms with Gasteiger partial charge in [0.1, 0.15) is 17.2 Å². The molecule has 156 valence electrons. The number of hydrogen-bond donors (Lipinski definition) is 0. The largest absolute Gasteiger partial charge is 0.484 e. The summed E-state index contributed by atoms with van der Waals surface area (Å²) in [4.78, 5) is 43.2. The zero-order valence-electron chi connectivity index (χ0n) is 16.7. The Balaban J connectivity index is 1.48. The SMILES string of the molecule is Cn1c(=O)c2ccc([C@H]3CCN(C(=O)COc4ccc(F)cc4)C3)nc2n(C)c1=O. The number of ether oxygens (including phenoxy) is 1. The van der Waals surface area contributed by atoms with Gasteiger partial charge in [0.15, 0.2) is 6.61 Å². The van der Waals surface area contributed by atoms with Gasteiger partial charge in [0.2, 0.25) is 0 Å². The Morgan fingerprint density at radius 3 is 2.60 bits per heavy atom. The monoisotopic (exact) mass is 412 g/mol. The number of aromatic nitrogens is 3. The number of aryl methyl sites for hydroxylation is 1. The van der Waals surface area contributed by atoms with Crippen LogP contribution < -0.4 is 16.0 Å². The molecule has 0 N–H and O–H groups in total. The number of hydrogen-bond acceptors (Lipinski definition) is 5. The standard InChI is InChI=1S/C21H21FN4O4/c1-24-19-16(20(28)25(2)21(24)29)7-8-17(23-19)13-9-10-26(11-13)18(27)12-30-15-5-3-14(22)4-6-15/h3-8,13H,9-12H2,1-2H3/t13-/m0/s1. The number of fused-ring (bicyclic) bond motifs is 1. The second-order valence-corrected chi connectivity index (χ2v) is 7.38. The first-order valence-electron chi connectivity index (χ1n) is 9.58. The first-order valence-corrected chi connectivity index (χ1v) is 9.58. The highest BCUT2D eigenvalue weighted by atomic mass is 19.1. The van der Waals surface area contributed by atoms with Crippen molar-refractivity contribution in [2.24, 2.45) is 14.1 Å². The van der Waals surface area contributed by atoms with Gasteiger partial charge in [-0.15, -0.1) is 0 Å². The summed E-state index contributed by atoms with van der Waals surface area (Å²) in [6.07, 6.45) is 0.722. The highest BCUT2D eigenvalue weighted by molar-refractivity contribution is 5.78. The molecule has 1 fully saturated rings. The number of benzene rings is 1. The van der Waals surface area contributed by atoms with Gasteiger partial charge < -0.3 is 9.64 Å². The fourth-order valence-corrected chi connectivity index (χ4v) is 3.69.